The molecule has 1 saturated heterocycles. The maximum absolute atomic E-state index is 10.9. The number of benzene rings is 2. The van der Waals surface area contributed by atoms with Crippen LogP contribution in [0.3, 0.4) is 0 Å². The number of aliphatic hydroxyl groups is 1. The summed E-state index contributed by atoms with van der Waals surface area (Å²) in [6.45, 7) is 1.26. The van der Waals surface area contributed by atoms with Crippen LogP contribution in [0.1, 0.15) is 12.8 Å². The number of piperidine rings is 1. The molecule has 0 saturated carbocycles. The molecule has 7 heteroatoms. The van der Waals surface area contributed by atoms with Gasteiger partial charge in [0, 0.05) is 24.8 Å². The zero-order valence-corrected chi connectivity index (χ0v) is 16.0. The summed E-state index contributed by atoms with van der Waals surface area (Å²) in [5.41, 5.74) is 1.93. The molecule has 3 aromatic rings. The smallest absolute Gasteiger partial charge is 0.404 e. The highest BCUT2D eigenvalue weighted by atomic mass is 16.4. The van der Waals surface area contributed by atoms with Crippen molar-refractivity contribution in [2.24, 2.45) is 5.92 Å². The molecule has 1 fully saturated rings. The number of rotatable bonds is 5. The third-order valence-electron chi connectivity index (χ3n) is 5.59. The lowest BCUT2D eigenvalue weighted by Gasteiger charge is -2.35. The van der Waals surface area contributed by atoms with Gasteiger partial charge in [0.25, 0.3) is 0 Å². The summed E-state index contributed by atoms with van der Waals surface area (Å²) in [7, 11) is 0. The maximum atomic E-state index is 10.9. The lowest BCUT2D eigenvalue weighted by molar-refractivity contribution is 0.153. The van der Waals surface area contributed by atoms with Crippen molar-refractivity contribution in [3.05, 3.63) is 54.7 Å². The summed E-state index contributed by atoms with van der Waals surface area (Å²) in [5.74, 6) is 0.789. The highest BCUT2D eigenvalue weighted by Crippen LogP contribution is 2.27. The molecule has 0 unspecified atom stereocenters. The Labute approximate surface area is 169 Å². The van der Waals surface area contributed by atoms with E-state index in [0.29, 0.717) is 5.95 Å². The van der Waals surface area contributed by atoms with Gasteiger partial charge in [-0.1, -0.05) is 36.4 Å². The first-order valence-electron chi connectivity index (χ1n) is 9.81. The number of aliphatic hydroxyl groups excluding tert-OH is 1. The van der Waals surface area contributed by atoms with Gasteiger partial charge in [0.15, 0.2) is 0 Å². The van der Waals surface area contributed by atoms with Crippen LogP contribution in [-0.4, -0.2) is 52.0 Å². The van der Waals surface area contributed by atoms with Crippen molar-refractivity contribution in [3.63, 3.8) is 0 Å². The number of aromatic nitrogens is 2. The molecule has 1 aliphatic rings. The van der Waals surface area contributed by atoms with E-state index in [1.807, 2.05) is 18.2 Å². The van der Waals surface area contributed by atoms with Gasteiger partial charge in [-0.2, -0.15) is 0 Å². The van der Waals surface area contributed by atoms with Gasteiger partial charge in [0.05, 0.1) is 18.3 Å². The van der Waals surface area contributed by atoms with Gasteiger partial charge in [0.1, 0.15) is 0 Å². The average Bonchev–Trinajstić information content (AvgIpc) is 2.77. The lowest BCUT2D eigenvalue weighted by Crippen LogP contribution is -2.47. The van der Waals surface area contributed by atoms with Crippen LogP contribution in [-0.2, 0) is 0 Å². The standard InChI is InChI=1S/C22H24N4O3/c27-14-20(25-22(28)29)16-8-11-26(12-9-16)21-23-10-7-19(24-21)18-6-5-15-3-1-2-4-17(15)13-18/h1-7,10,13,16,20,25,27H,8-9,11-12,14H2,(H,28,29)/t20-/m1/s1. The van der Waals surface area contributed by atoms with Crippen LogP contribution >= 0.6 is 0 Å². The molecule has 1 amide bonds. The number of fused-ring (bicyclic) bond motifs is 1. The second-order valence-corrected chi connectivity index (χ2v) is 7.37. The van der Waals surface area contributed by atoms with E-state index < -0.39 is 12.1 Å². The lowest BCUT2D eigenvalue weighted by atomic mass is 9.90. The first-order valence-corrected chi connectivity index (χ1v) is 9.81. The third kappa shape index (κ3) is 4.30. The summed E-state index contributed by atoms with van der Waals surface area (Å²) < 4.78 is 0. The second-order valence-electron chi connectivity index (χ2n) is 7.37. The van der Waals surface area contributed by atoms with E-state index in [1.54, 1.807) is 6.20 Å². The molecule has 2 aromatic carbocycles. The normalized spacial score (nSPS) is 16.0. The van der Waals surface area contributed by atoms with Crippen molar-refractivity contribution >= 4 is 22.8 Å². The fourth-order valence-electron chi connectivity index (χ4n) is 3.98. The summed E-state index contributed by atoms with van der Waals surface area (Å²) in [6.07, 6.45) is 2.23. The van der Waals surface area contributed by atoms with Gasteiger partial charge >= 0.3 is 6.09 Å². The van der Waals surface area contributed by atoms with Gasteiger partial charge in [-0.3, -0.25) is 0 Å². The molecule has 0 radical (unpaired) electrons. The quantitative estimate of drug-likeness (QED) is 0.617. The predicted octanol–water partition coefficient (Wildman–Crippen LogP) is 3.14. The van der Waals surface area contributed by atoms with Crippen molar-refractivity contribution in [2.45, 2.75) is 18.9 Å². The predicted molar refractivity (Wildman–Crippen MR) is 112 cm³/mol. The molecule has 3 N–H and O–H groups in total. The number of hydrogen-bond donors (Lipinski definition) is 3. The molecule has 1 atom stereocenters. The van der Waals surface area contributed by atoms with Gasteiger partial charge in [0.2, 0.25) is 5.95 Å². The Hall–Kier alpha value is -3.19. The molecule has 29 heavy (non-hydrogen) atoms. The van der Waals surface area contributed by atoms with Crippen molar-refractivity contribution in [3.8, 4) is 11.3 Å². The van der Waals surface area contributed by atoms with E-state index >= 15 is 0 Å². The van der Waals surface area contributed by atoms with Gasteiger partial charge < -0.3 is 20.4 Å². The topological polar surface area (TPSA) is 98.6 Å². The summed E-state index contributed by atoms with van der Waals surface area (Å²) in [5, 5.41) is 23.2. The number of nitrogens with one attached hydrogen (secondary N) is 1. The fraction of sp³-hybridized carbons (Fsp3) is 0.318. The zero-order valence-electron chi connectivity index (χ0n) is 16.0. The van der Waals surface area contributed by atoms with Crippen LogP contribution in [0.5, 0.6) is 0 Å². The van der Waals surface area contributed by atoms with Crippen LogP contribution < -0.4 is 10.2 Å². The van der Waals surface area contributed by atoms with Crippen molar-refractivity contribution in [2.75, 3.05) is 24.6 Å². The van der Waals surface area contributed by atoms with E-state index in [-0.39, 0.29) is 12.5 Å². The van der Waals surface area contributed by atoms with Crippen molar-refractivity contribution in [1.82, 2.24) is 15.3 Å². The molecule has 1 aromatic heterocycles. The SMILES string of the molecule is O=C(O)N[C@H](CO)C1CCN(c2nccc(-c3ccc4ccccc4c3)n2)CC1. The first-order chi connectivity index (χ1) is 14.1. The molecule has 150 valence electrons. The minimum absolute atomic E-state index is 0.107. The Morgan fingerprint density at radius 3 is 2.62 bits per heavy atom. The average molecular weight is 392 g/mol. The number of carboxylic acid groups (broad SMARTS) is 1. The minimum atomic E-state index is -1.10. The van der Waals surface area contributed by atoms with Crippen LogP contribution in [0.15, 0.2) is 54.7 Å². The maximum Gasteiger partial charge on any atom is 0.404 e. The summed E-state index contributed by atoms with van der Waals surface area (Å²) in [6, 6.07) is 16.0. The Morgan fingerprint density at radius 1 is 1.14 bits per heavy atom. The number of hydrogen-bond acceptors (Lipinski definition) is 5. The fourth-order valence-corrected chi connectivity index (χ4v) is 3.98. The van der Waals surface area contributed by atoms with Crippen molar-refractivity contribution < 1.29 is 15.0 Å². The highest BCUT2D eigenvalue weighted by Gasteiger charge is 2.28. The highest BCUT2D eigenvalue weighted by molar-refractivity contribution is 5.86. The van der Waals surface area contributed by atoms with Crippen LogP contribution in [0.25, 0.3) is 22.0 Å². The van der Waals surface area contributed by atoms with Crippen LogP contribution in [0.2, 0.25) is 0 Å². The Bertz CT molecular complexity index is 1000. The summed E-state index contributed by atoms with van der Waals surface area (Å²) in [4.78, 5) is 22.2. The molecule has 7 nitrogen and oxygen atoms in total. The Balaban J connectivity index is 1.48. The number of amides is 1. The Morgan fingerprint density at radius 2 is 1.90 bits per heavy atom. The van der Waals surface area contributed by atoms with Crippen LogP contribution in [0, 0.1) is 5.92 Å². The van der Waals surface area contributed by atoms with Gasteiger partial charge in [-0.15, -0.1) is 0 Å². The number of anilines is 1. The molecular weight excluding hydrogens is 368 g/mol. The van der Waals surface area contributed by atoms with E-state index in [2.05, 4.69) is 45.5 Å². The van der Waals surface area contributed by atoms with Crippen LogP contribution in [0.4, 0.5) is 10.7 Å². The molecule has 1 aliphatic heterocycles. The second kappa shape index (κ2) is 8.45. The Kier molecular flexibility index (Phi) is 5.57. The minimum Gasteiger partial charge on any atom is -0.465 e. The molecule has 0 aliphatic carbocycles. The number of carbonyl (C=O) groups is 1. The summed E-state index contributed by atoms with van der Waals surface area (Å²) >= 11 is 0. The third-order valence-corrected chi connectivity index (χ3v) is 5.59. The van der Waals surface area contributed by atoms with Crippen molar-refractivity contribution in [1.29, 1.82) is 0 Å². The van der Waals surface area contributed by atoms with E-state index in [1.165, 1.54) is 10.8 Å². The molecule has 0 spiro atoms. The van der Waals surface area contributed by atoms with E-state index in [4.69, 9.17) is 10.1 Å². The zero-order chi connectivity index (χ0) is 20.2. The molecular formula is C22H24N4O3. The largest absolute Gasteiger partial charge is 0.465 e. The van der Waals surface area contributed by atoms with Gasteiger partial charge in [-0.25, -0.2) is 14.8 Å². The number of nitrogens with zero attached hydrogens (tertiary/aromatic N) is 3. The first kappa shape index (κ1) is 19.1. The molecule has 4 rings (SSSR count). The van der Waals surface area contributed by atoms with E-state index in [9.17, 15) is 9.90 Å². The van der Waals surface area contributed by atoms with Gasteiger partial charge in [-0.05, 0) is 41.7 Å². The monoisotopic (exact) mass is 392 g/mol. The molecule has 0 bridgehead atoms. The van der Waals surface area contributed by atoms with E-state index in [0.717, 1.165) is 37.2 Å². The molecule has 2 heterocycles.